The minimum Gasteiger partial charge on any atom is -0.497 e. The number of morpholine rings is 1. The highest BCUT2D eigenvalue weighted by Gasteiger charge is 2.23. The Hall–Kier alpha value is -2.83. The summed E-state index contributed by atoms with van der Waals surface area (Å²) in [6.07, 6.45) is 1.84. The molecule has 1 atom stereocenters. The van der Waals surface area contributed by atoms with Crippen molar-refractivity contribution in [3.8, 4) is 11.5 Å². The van der Waals surface area contributed by atoms with Crippen LogP contribution in [0.1, 0.15) is 23.1 Å². The van der Waals surface area contributed by atoms with Crippen molar-refractivity contribution in [2.24, 2.45) is 0 Å². The molecule has 0 bridgehead atoms. The van der Waals surface area contributed by atoms with Crippen molar-refractivity contribution >= 4 is 0 Å². The zero-order chi connectivity index (χ0) is 20.6. The molecule has 0 saturated carbocycles. The molecule has 1 fully saturated rings. The highest BCUT2D eigenvalue weighted by Crippen LogP contribution is 2.22. The van der Waals surface area contributed by atoms with E-state index < -0.39 is 0 Å². The number of rotatable bonds is 9. The van der Waals surface area contributed by atoms with Crippen molar-refractivity contribution in [2.45, 2.75) is 18.9 Å². The molecule has 6 heteroatoms. The molecule has 1 saturated heterocycles. The van der Waals surface area contributed by atoms with Gasteiger partial charge in [-0.1, -0.05) is 30.3 Å². The van der Waals surface area contributed by atoms with E-state index in [2.05, 4.69) is 51.5 Å². The number of methoxy groups -OCH3 is 1. The van der Waals surface area contributed by atoms with E-state index in [0.717, 1.165) is 62.0 Å². The molecular weight excluding hydrogens is 378 g/mol. The standard InChI is InChI=1S/C24H29N3O3/c1-28-21-7-9-22(10-8-21)29-15-12-20-17-23(26-25-20)24-18-27(14-16-30-24)13-11-19-5-3-2-4-6-19/h2-10,17,24H,11-16,18H2,1H3,(H,25,26)/t24-/m0/s1. The molecule has 2 heterocycles. The maximum atomic E-state index is 5.99. The zero-order valence-electron chi connectivity index (χ0n) is 17.4. The quantitative estimate of drug-likeness (QED) is 0.587. The van der Waals surface area contributed by atoms with Crippen LogP contribution in [0.3, 0.4) is 0 Å². The van der Waals surface area contributed by atoms with E-state index in [1.807, 2.05) is 24.3 Å². The Morgan fingerprint density at radius 1 is 1.07 bits per heavy atom. The topological polar surface area (TPSA) is 59.6 Å². The van der Waals surface area contributed by atoms with Gasteiger partial charge in [-0.15, -0.1) is 0 Å². The number of benzene rings is 2. The summed E-state index contributed by atoms with van der Waals surface area (Å²) in [5.41, 5.74) is 3.40. The highest BCUT2D eigenvalue weighted by atomic mass is 16.5. The smallest absolute Gasteiger partial charge is 0.119 e. The average molecular weight is 408 g/mol. The fraction of sp³-hybridized carbons (Fsp3) is 0.375. The molecule has 2 aromatic carbocycles. The summed E-state index contributed by atoms with van der Waals surface area (Å²) < 4.78 is 17.0. The van der Waals surface area contributed by atoms with E-state index in [4.69, 9.17) is 14.2 Å². The molecule has 158 valence electrons. The molecule has 6 nitrogen and oxygen atoms in total. The third-order valence-electron chi connectivity index (χ3n) is 5.39. The Kier molecular flexibility index (Phi) is 7.00. The van der Waals surface area contributed by atoms with Gasteiger partial charge in [0, 0.05) is 31.7 Å². The first-order chi connectivity index (χ1) is 14.8. The summed E-state index contributed by atoms with van der Waals surface area (Å²) in [5.74, 6) is 1.66. The van der Waals surface area contributed by atoms with Crippen LogP contribution in [0.4, 0.5) is 0 Å². The number of hydrogen-bond donors (Lipinski definition) is 1. The molecule has 0 radical (unpaired) electrons. The van der Waals surface area contributed by atoms with Gasteiger partial charge < -0.3 is 14.2 Å². The lowest BCUT2D eigenvalue weighted by atomic mass is 10.1. The van der Waals surface area contributed by atoms with Gasteiger partial charge >= 0.3 is 0 Å². The fourth-order valence-corrected chi connectivity index (χ4v) is 3.64. The molecule has 1 aliphatic rings. The third kappa shape index (κ3) is 5.62. The monoisotopic (exact) mass is 407 g/mol. The number of aromatic amines is 1. The van der Waals surface area contributed by atoms with Crippen LogP contribution in [0.15, 0.2) is 60.7 Å². The first kappa shape index (κ1) is 20.4. The van der Waals surface area contributed by atoms with Crippen LogP contribution in [0.5, 0.6) is 11.5 Å². The second kappa shape index (κ2) is 10.3. The van der Waals surface area contributed by atoms with Crippen LogP contribution < -0.4 is 9.47 Å². The highest BCUT2D eigenvalue weighted by molar-refractivity contribution is 5.31. The van der Waals surface area contributed by atoms with Crippen LogP contribution in [0.2, 0.25) is 0 Å². The lowest BCUT2D eigenvalue weighted by Crippen LogP contribution is -2.39. The number of ether oxygens (including phenoxy) is 3. The van der Waals surface area contributed by atoms with Crippen molar-refractivity contribution in [1.29, 1.82) is 0 Å². The van der Waals surface area contributed by atoms with Gasteiger partial charge in [0.15, 0.2) is 0 Å². The number of nitrogens with one attached hydrogen (secondary N) is 1. The van der Waals surface area contributed by atoms with E-state index in [0.29, 0.717) is 6.61 Å². The molecule has 0 aliphatic carbocycles. The van der Waals surface area contributed by atoms with Gasteiger partial charge in [0.25, 0.3) is 0 Å². The minimum atomic E-state index is 0.0158. The second-order valence-corrected chi connectivity index (χ2v) is 7.49. The summed E-state index contributed by atoms with van der Waals surface area (Å²) in [6, 6.07) is 20.4. The van der Waals surface area contributed by atoms with E-state index >= 15 is 0 Å². The van der Waals surface area contributed by atoms with Crippen molar-refractivity contribution in [3.63, 3.8) is 0 Å². The van der Waals surface area contributed by atoms with E-state index in [1.54, 1.807) is 7.11 Å². The Labute approximate surface area is 177 Å². The van der Waals surface area contributed by atoms with Crippen LogP contribution >= 0.6 is 0 Å². The second-order valence-electron chi connectivity index (χ2n) is 7.49. The molecular formula is C24H29N3O3. The van der Waals surface area contributed by atoms with Crippen molar-refractivity contribution < 1.29 is 14.2 Å². The Morgan fingerprint density at radius 3 is 2.67 bits per heavy atom. The van der Waals surface area contributed by atoms with E-state index in [1.165, 1.54) is 5.56 Å². The molecule has 0 amide bonds. The Morgan fingerprint density at radius 2 is 1.87 bits per heavy atom. The van der Waals surface area contributed by atoms with Gasteiger partial charge in [-0.3, -0.25) is 10.00 Å². The Bertz CT molecular complexity index is 896. The Balaban J connectivity index is 1.24. The summed E-state index contributed by atoms with van der Waals surface area (Å²) >= 11 is 0. The van der Waals surface area contributed by atoms with E-state index in [-0.39, 0.29) is 6.10 Å². The average Bonchev–Trinajstić information content (AvgIpc) is 3.28. The lowest BCUT2D eigenvalue weighted by molar-refractivity contribution is -0.0316. The molecule has 1 aromatic heterocycles. The fourth-order valence-electron chi connectivity index (χ4n) is 3.64. The first-order valence-electron chi connectivity index (χ1n) is 10.5. The van der Waals surface area contributed by atoms with Crippen LogP contribution in [-0.2, 0) is 17.6 Å². The summed E-state index contributed by atoms with van der Waals surface area (Å²) in [5, 5.41) is 7.62. The van der Waals surface area contributed by atoms with Gasteiger partial charge in [-0.2, -0.15) is 5.10 Å². The third-order valence-corrected chi connectivity index (χ3v) is 5.39. The number of hydrogen-bond acceptors (Lipinski definition) is 5. The maximum Gasteiger partial charge on any atom is 0.119 e. The van der Waals surface area contributed by atoms with Gasteiger partial charge in [-0.25, -0.2) is 0 Å². The van der Waals surface area contributed by atoms with Gasteiger partial charge in [0.05, 0.1) is 26.0 Å². The molecule has 4 rings (SSSR count). The summed E-state index contributed by atoms with van der Waals surface area (Å²) in [7, 11) is 1.66. The molecule has 1 aliphatic heterocycles. The lowest BCUT2D eigenvalue weighted by Gasteiger charge is -2.32. The predicted octanol–water partition coefficient (Wildman–Crippen LogP) is 3.66. The number of nitrogens with zero attached hydrogens (tertiary/aromatic N) is 2. The molecule has 3 aromatic rings. The minimum absolute atomic E-state index is 0.0158. The van der Waals surface area contributed by atoms with Crippen LogP contribution in [-0.4, -0.2) is 55.1 Å². The SMILES string of the molecule is COc1ccc(OCCc2cc([C@@H]3CN(CCc4ccccc4)CCO3)n[nH]2)cc1. The van der Waals surface area contributed by atoms with Crippen LogP contribution in [0.25, 0.3) is 0 Å². The van der Waals surface area contributed by atoms with E-state index in [9.17, 15) is 0 Å². The maximum absolute atomic E-state index is 5.99. The van der Waals surface area contributed by atoms with Gasteiger partial charge in [-0.05, 0) is 42.3 Å². The number of H-pyrrole nitrogens is 1. The van der Waals surface area contributed by atoms with Gasteiger partial charge in [0.2, 0.25) is 0 Å². The van der Waals surface area contributed by atoms with Crippen molar-refractivity contribution in [3.05, 3.63) is 77.6 Å². The molecule has 1 N–H and O–H groups in total. The molecule has 30 heavy (non-hydrogen) atoms. The number of aromatic nitrogens is 2. The predicted molar refractivity (Wildman–Crippen MR) is 116 cm³/mol. The van der Waals surface area contributed by atoms with Crippen LogP contribution in [0, 0.1) is 0 Å². The first-order valence-corrected chi connectivity index (χ1v) is 10.5. The molecule has 0 spiro atoms. The van der Waals surface area contributed by atoms with Crippen molar-refractivity contribution in [1.82, 2.24) is 15.1 Å². The largest absolute Gasteiger partial charge is 0.497 e. The van der Waals surface area contributed by atoms with Crippen molar-refractivity contribution in [2.75, 3.05) is 40.0 Å². The normalized spacial score (nSPS) is 17.0. The summed E-state index contributed by atoms with van der Waals surface area (Å²) in [4.78, 5) is 2.46. The summed E-state index contributed by atoms with van der Waals surface area (Å²) in [6.45, 7) is 4.21. The van der Waals surface area contributed by atoms with Gasteiger partial charge in [0.1, 0.15) is 17.6 Å². The molecule has 0 unspecified atom stereocenters. The zero-order valence-corrected chi connectivity index (χ0v) is 17.4.